The van der Waals surface area contributed by atoms with Crippen molar-refractivity contribution in [2.24, 2.45) is 5.73 Å². The van der Waals surface area contributed by atoms with E-state index in [1.165, 1.54) is 4.90 Å². The SMILES string of the molecule is CC.CC.CC.Cc1ccc(-c2nc(N(C(N)=O)c3c(C)cccc3C)ccc2COC(=O)NCCO)cc1. The molecule has 39 heavy (non-hydrogen) atoms. The van der Waals surface area contributed by atoms with Gasteiger partial charge in [0, 0.05) is 17.7 Å². The average molecular weight is 539 g/mol. The molecule has 2 aromatic carbocycles. The molecular weight excluding hydrogens is 492 g/mol. The van der Waals surface area contributed by atoms with Crippen molar-refractivity contribution in [3.05, 3.63) is 76.9 Å². The molecular formula is C31H46N4O4. The lowest BCUT2D eigenvalue weighted by atomic mass is 10.0. The second-order valence-corrected chi connectivity index (χ2v) is 7.68. The largest absolute Gasteiger partial charge is 0.445 e. The smallest absolute Gasteiger partial charge is 0.407 e. The number of aryl methyl sites for hydroxylation is 3. The fraction of sp³-hybridized carbons (Fsp3) is 0.387. The predicted octanol–water partition coefficient (Wildman–Crippen LogP) is 7.19. The molecule has 1 aromatic heterocycles. The van der Waals surface area contributed by atoms with E-state index >= 15 is 0 Å². The zero-order valence-electron chi connectivity index (χ0n) is 25.0. The highest BCUT2D eigenvalue weighted by Crippen LogP contribution is 2.33. The van der Waals surface area contributed by atoms with E-state index in [0.29, 0.717) is 22.8 Å². The lowest BCUT2D eigenvalue weighted by molar-refractivity contribution is 0.137. The summed E-state index contributed by atoms with van der Waals surface area (Å²) in [6.07, 6.45) is -0.641. The summed E-state index contributed by atoms with van der Waals surface area (Å²) in [5.41, 5.74) is 11.4. The molecule has 1 heterocycles. The number of ether oxygens (including phenoxy) is 1. The number of anilines is 2. The summed E-state index contributed by atoms with van der Waals surface area (Å²) in [7, 11) is 0. The van der Waals surface area contributed by atoms with Crippen LogP contribution in [-0.4, -0.2) is 35.4 Å². The Labute approximate surface area is 234 Å². The lowest BCUT2D eigenvalue weighted by Crippen LogP contribution is -2.33. The second-order valence-electron chi connectivity index (χ2n) is 7.68. The number of para-hydroxylation sites is 1. The molecule has 214 valence electrons. The van der Waals surface area contributed by atoms with Gasteiger partial charge in [-0.15, -0.1) is 0 Å². The van der Waals surface area contributed by atoms with Gasteiger partial charge in [-0.3, -0.25) is 0 Å². The van der Waals surface area contributed by atoms with E-state index in [2.05, 4.69) is 5.32 Å². The Balaban J connectivity index is 0.00000225. The molecule has 4 N–H and O–H groups in total. The number of hydrogen-bond donors (Lipinski definition) is 3. The fourth-order valence-corrected chi connectivity index (χ4v) is 3.53. The predicted molar refractivity (Wildman–Crippen MR) is 161 cm³/mol. The lowest BCUT2D eigenvalue weighted by Gasteiger charge is -2.24. The minimum atomic E-state index is -0.651. The number of nitrogens with zero attached hydrogens (tertiary/aromatic N) is 2. The number of aliphatic hydroxyl groups is 1. The van der Waals surface area contributed by atoms with Gasteiger partial charge in [0.05, 0.1) is 18.0 Å². The molecule has 3 aromatic rings. The van der Waals surface area contributed by atoms with E-state index in [-0.39, 0.29) is 19.8 Å². The number of nitrogens with one attached hydrogen (secondary N) is 1. The van der Waals surface area contributed by atoms with E-state index in [9.17, 15) is 9.59 Å². The molecule has 0 aliphatic rings. The molecule has 0 fully saturated rings. The van der Waals surface area contributed by atoms with Gasteiger partial charge in [-0.25, -0.2) is 19.5 Å². The van der Waals surface area contributed by atoms with E-state index in [4.69, 9.17) is 20.6 Å². The quantitative estimate of drug-likeness (QED) is 0.294. The average Bonchev–Trinajstić information content (AvgIpc) is 2.96. The van der Waals surface area contributed by atoms with E-state index < -0.39 is 12.1 Å². The van der Waals surface area contributed by atoms with Crippen LogP contribution in [0.4, 0.5) is 21.1 Å². The van der Waals surface area contributed by atoms with Crippen molar-refractivity contribution in [2.45, 2.75) is 68.9 Å². The number of urea groups is 1. The van der Waals surface area contributed by atoms with Crippen molar-refractivity contribution >= 4 is 23.6 Å². The number of primary amides is 1. The summed E-state index contributed by atoms with van der Waals surface area (Å²) in [6.45, 7) is 17.7. The first-order valence-corrected chi connectivity index (χ1v) is 13.6. The standard InChI is InChI=1S/C25H28N4O4.3C2H6/c1-16-7-9-19(10-8-16)22-20(15-33-25(32)27-13-14-30)11-12-21(28-22)29(24(26)31)23-17(2)5-4-6-18(23)3;3*1-2/h4-12,30H,13-15H2,1-3H3,(H2,26,31)(H,27,32);3*1-2H3. The van der Waals surface area contributed by atoms with Crippen LogP contribution in [0.2, 0.25) is 0 Å². The van der Waals surface area contributed by atoms with E-state index in [0.717, 1.165) is 22.3 Å². The first-order valence-electron chi connectivity index (χ1n) is 13.6. The van der Waals surface area contributed by atoms with Gasteiger partial charge in [-0.2, -0.15) is 0 Å². The molecule has 0 spiro atoms. The molecule has 0 saturated heterocycles. The Morgan fingerprint density at radius 2 is 1.46 bits per heavy atom. The Morgan fingerprint density at radius 3 is 1.97 bits per heavy atom. The van der Waals surface area contributed by atoms with Gasteiger partial charge in [-0.05, 0) is 44.0 Å². The number of carbonyl (C=O) groups excluding carboxylic acids is 2. The van der Waals surface area contributed by atoms with Crippen molar-refractivity contribution in [1.29, 1.82) is 0 Å². The molecule has 3 rings (SSSR count). The van der Waals surface area contributed by atoms with Crippen molar-refractivity contribution in [3.63, 3.8) is 0 Å². The van der Waals surface area contributed by atoms with Crippen LogP contribution in [0, 0.1) is 20.8 Å². The van der Waals surface area contributed by atoms with Crippen LogP contribution in [0.15, 0.2) is 54.6 Å². The highest BCUT2D eigenvalue weighted by Gasteiger charge is 2.22. The normalized spacial score (nSPS) is 9.38. The number of aromatic nitrogens is 1. The fourth-order valence-electron chi connectivity index (χ4n) is 3.53. The number of amides is 3. The van der Waals surface area contributed by atoms with Gasteiger partial charge in [-0.1, -0.05) is 89.6 Å². The van der Waals surface area contributed by atoms with Gasteiger partial charge in [0.2, 0.25) is 0 Å². The summed E-state index contributed by atoms with van der Waals surface area (Å²) < 4.78 is 5.28. The molecule has 0 aliphatic heterocycles. The van der Waals surface area contributed by atoms with Gasteiger partial charge in [0.15, 0.2) is 0 Å². The van der Waals surface area contributed by atoms with Crippen LogP contribution in [-0.2, 0) is 11.3 Å². The minimum Gasteiger partial charge on any atom is -0.445 e. The third kappa shape index (κ3) is 10.4. The number of pyridine rings is 1. The van der Waals surface area contributed by atoms with Gasteiger partial charge < -0.3 is 20.9 Å². The zero-order valence-corrected chi connectivity index (χ0v) is 25.0. The molecule has 8 nitrogen and oxygen atoms in total. The first kappa shape index (κ1) is 35.1. The monoisotopic (exact) mass is 538 g/mol. The number of aliphatic hydroxyl groups excluding tert-OH is 1. The minimum absolute atomic E-state index is 0.0340. The molecule has 8 heteroatoms. The molecule has 0 saturated carbocycles. The van der Waals surface area contributed by atoms with Crippen molar-refractivity contribution in [2.75, 3.05) is 18.1 Å². The number of alkyl carbamates (subject to hydrolysis) is 1. The molecule has 3 amide bonds. The number of hydrogen-bond acceptors (Lipinski definition) is 5. The molecule has 0 atom stereocenters. The van der Waals surface area contributed by atoms with Gasteiger partial charge in [0.25, 0.3) is 0 Å². The van der Waals surface area contributed by atoms with Crippen molar-refractivity contribution in [3.8, 4) is 11.3 Å². The Bertz CT molecular complexity index is 1130. The Kier molecular flexibility index (Phi) is 17.3. The summed E-state index contributed by atoms with van der Waals surface area (Å²) >= 11 is 0. The summed E-state index contributed by atoms with van der Waals surface area (Å²) in [5.74, 6) is 0.365. The Morgan fingerprint density at radius 1 is 0.897 bits per heavy atom. The maximum atomic E-state index is 12.5. The van der Waals surface area contributed by atoms with Crippen LogP contribution in [0.3, 0.4) is 0 Å². The third-order valence-corrected chi connectivity index (χ3v) is 5.14. The van der Waals surface area contributed by atoms with E-state index in [1.807, 2.05) is 105 Å². The van der Waals surface area contributed by atoms with Crippen LogP contribution < -0.4 is 16.0 Å². The highest BCUT2D eigenvalue weighted by molar-refractivity contribution is 5.99. The number of rotatable bonds is 7. The van der Waals surface area contributed by atoms with Gasteiger partial charge >= 0.3 is 12.1 Å². The summed E-state index contributed by atoms with van der Waals surface area (Å²) in [5, 5.41) is 11.3. The van der Waals surface area contributed by atoms with Crippen LogP contribution in [0.1, 0.15) is 63.8 Å². The van der Waals surface area contributed by atoms with Crippen molar-refractivity contribution < 1.29 is 19.4 Å². The van der Waals surface area contributed by atoms with Crippen molar-refractivity contribution in [1.82, 2.24) is 10.3 Å². The molecule has 0 unspecified atom stereocenters. The topological polar surface area (TPSA) is 118 Å². The maximum absolute atomic E-state index is 12.5. The Hall–Kier alpha value is -3.91. The van der Waals surface area contributed by atoms with E-state index in [1.54, 1.807) is 12.1 Å². The van der Waals surface area contributed by atoms with Crippen LogP contribution in [0.5, 0.6) is 0 Å². The maximum Gasteiger partial charge on any atom is 0.407 e. The molecule has 0 radical (unpaired) electrons. The summed E-state index contributed by atoms with van der Waals surface area (Å²) in [4.78, 5) is 30.5. The summed E-state index contributed by atoms with van der Waals surface area (Å²) in [6, 6.07) is 16.3. The number of carbonyl (C=O) groups is 2. The second kappa shape index (κ2) is 19.2. The zero-order chi connectivity index (χ0) is 30.0. The van der Waals surface area contributed by atoms with Crippen LogP contribution >= 0.6 is 0 Å². The number of nitrogens with two attached hydrogens (primary N) is 1. The number of benzene rings is 2. The molecule has 0 aliphatic carbocycles. The molecule has 0 bridgehead atoms. The highest BCUT2D eigenvalue weighted by atomic mass is 16.5. The van der Waals surface area contributed by atoms with Gasteiger partial charge in [0.1, 0.15) is 12.4 Å². The first-order chi connectivity index (χ1) is 18.8. The third-order valence-electron chi connectivity index (χ3n) is 5.14. The van der Waals surface area contributed by atoms with Crippen LogP contribution in [0.25, 0.3) is 11.3 Å².